The Kier molecular flexibility index (Phi) is 8.19. The summed E-state index contributed by atoms with van der Waals surface area (Å²) < 4.78 is 80.6. The minimum Gasteiger partial charge on any atom is -0.498 e. The van der Waals surface area contributed by atoms with E-state index in [4.69, 9.17) is 4.74 Å². The first-order valence-electron chi connectivity index (χ1n) is 13.4. The van der Waals surface area contributed by atoms with E-state index in [1.807, 2.05) is 19.1 Å². The van der Waals surface area contributed by atoms with E-state index in [-0.39, 0.29) is 17.4 Å². The van der Waals surface area contributed by atoms with E-state index in [9.17, 15) is 22.0 Å². The molecule has 0 saturated carbocycles. The zero-order valence-corrected chi connectivity index (χ0v) is 22.6. The van der Waals surface area contributed by atoms with Crippen LogP contribution in [-0.4, -0.2) is 36.5 Å². The van der Waals surface area contributed by atoms with Gasteiger partial charge in [-0.3, -0.25) is 4.99 Å². The van der Waals surface area contributed by atoms with E-state index in [0.717, 1.165) is 17.2 Å². The second-order valence-corrected chi connectivity index (χ2v) is 9.98. The highest BCUT2D eigenvalue weighted by atomic mass is 19.3. The van der Waals surface area contributed by atoms with Crippen molar-refractivity contribution in [3.63, 3.8) is 0 Å². The van der Waals surface area contributed by atoms with Crippen molar-refractivity contribution in [3.8, 4) is 5.75 Å². The summed E-state index contributed by atoms with van der Waals surface area (Å²) in [4.78, 5) is 13.4. The van der Waals surface area contributed by atoms with Crippen molar-refractivity contribution >= 4 is 23.3 Å². The van der Waals surface area contributed by atoms with Crippen molar-refractivity contribution in [3.05, 3.63) is 94.2 Å². The zero-order valence-electron chi connectivity index (χ0n) is 22.6. The van der Waals surface area contributed by atoms with E-state index in [1.165, 1.54) is 31.2 Å². The van der Waals surface area contributed by atoms with Gasteiger partial charge in [0, 0.05) is 25.5 Å². The summed E-state index contributed by atoms with van der Waals surface area (Å²) in [5, 5.41) is 0. The number of halogens is 5. The van der Waals surface area contributed by atoms with Crippen LogP contribution in [0.5, 0.6) is 5.75 Å². The quantitative estimate of drug-likeness (QED) is 0.318. The maximum Gasteiger partial charge on any atom is 0.397 e. The van der Waals surface area contributed by atoms with Gasteiger partial charge >= 0.3 is 6.11 Å². The first-order chi connectivity index (χ1) is 19.6. The average molecular weight is 570 g/mol. The lowest BCUT2D eigenvalue weighted by Gasteiger charge is -2.17. The molecule has 1 unspecified atom stereocenters. The summed E-state index contributed by atoms with van der Waals surface area (Å²) in [7, 11) is 0. The molecule has 5 nitrogen and oxygen atoms in total. The van der Waals surface area contributed by atoms with Gasteiger partial charge in [0.2, 0.25) is 0 Å². The van der Waals surface area contributed by atoms with Crippen molar-refractivity contribution in [2.24, 2.45) is 15.0 Å². The van der Waals surface area contributed by atoms with Gasteiger partial charge in [-0.15, -0.1) is 0 Å². The molecule has 2 aromatic carbocycles. The van der Waals surface area contributed by atoms with Crippen LogP contribution in [0.25, 0.3) is 5.57 Å². The molecule has 0 aromatic heterocycles. The van der Waals surface area contributed by atoms with Gasteiger partial charge in [0.15, 0.2) is 29.0 Å². The summed E-state index contributed by atoms with van der Waals surface area (Å²) in [6, 6.07) is 7.66. The number of amidine groups is 1. The minimum absolute atomic E-state index is 0.0168. The molecule has 0 saturated heterocycles. The number of rotatable bonds is 7. The predicted octanol–water partition coefficient (Wildman–Crippen LogP) is 7.97. The van der Waals surface area contributed by atoms with Crippen molar-refractivity contribution in [1.82, 2.24) is 0 Å². The fourth-order valence-corrected chi connectivity index (χ4v) is 4.69. The summed E-state index contributed by atoms with van der Waals surface area (Å²) in [5.41, 5.74) is 3.25. The summed E-state index contributed by atoms with van der Waals surface area (Å²) in [5.74, 6) is -2.60. The van der Waals surface area contributed by atoms with Gasteiger partial charge in [-0.1, -0.05) is 30.7 Å². The summed E-state index contributed by atoms with van der Waals surface area (Å²) in [6.45, 7) is 3.61. The second-order valence-electron chi connectivity index (χ2n) is 9.98. The van der Waals surface area contributed by atoms with Crippen molar-refractivity contribution in [2.75, 3.05) is 6.61 Å². The van der Waals surface area contributed by atoms with Crippen molar-refractivity contribution in [2.45, 2.75) is 58.1 Å². The number of allylic oxidation sites excluding steroid dienone is 4. The third-order valence-corrected chi connectivity index (χ3v) is 7.03. The molecule has 3 heterocycles. The molecular weight excluding hydrogens is 541 g/mol. The lowest BCUT2D eigenvalue weighted by atomic mass is 9.97. The average Bonchev–Trinajstić information content (AvgIpc) is 3.22. The number of hydrogen-bond donors (Lipinski definition) is 0. The highest BCUT2D eigenvalue weighted by molar-refractivity contribution is 6.43. The van der Waals surface area contributed by atoms with Gasteiger partial charge in [0.25, 0.3) is 0 Å². The lowest BCUT2D eigenvalue weighted by Crippen LogP contribution is -2.23. The number of alkyl halides is 2. The molecule has 3 aliphatic rings. The van der Waals surface area contributed by atoms with Crippen LogP contribution < -0.4 is 4.74 Å². The third-order valence-electron chi connectivity index (χ3n) is 7.03. The van der Waals surface area contributed by atoms with Crippen molar-refractivity contribution < 1.29 is 31.4 Å². The zero-order chi connectivity index (χ0) is 29.1. The largest absolute Gasteiger partial charge is 0.498 e. The van der Waals surface area contributed by atoms with Gasteiger partial charge in [0.1, 0.15) is 5.71 Å². The third kappa shape index (κ3) is 6.47. The van der Waals surface area contributed by atoms with E-state index >= 15 is 0 Å². The Morgan fingerprint density at radius 2 is 1.90 bits per heavy atom. The van der Waals surface area contributed by atoms with Crippen LogP contribution in [-0.2, 0) is 4.74 Å². The van der Waals surface area contributed by atoms with Gasteiger partial charge in [-0.25, -0.2) is 23.2 Å². The molecule has 1 atom stereocenters. The molecule has 0 radical (unpaired) electrons. The Morgan fingerprint density at radius 3 is 2.68 bits per heavy atom. The van der Waals surface area contributed by atoms with E-state index in [0.29, 0.717) is 55.0 Å². The maximum absolute atomic E-state index is 14.7. The molecule has 41 heavy (non-hydrogen) atoms. The standard InChI is InChI=1S/C31H28F5N3O2/c1-3-31(35,36)41-28-11-10-19(14-25(28)33)23-16-21(40-13-12-18(23)2)15-20-6-4-9-26-27(17-37-20)39-30(38-26)22-7-5-8-24(32)29(22)34/h5,7-11,14,16-17,20H,3-4,6,12-13,15H2,1-2H3. The summed E-state index contributed by atoms with van der Waals surface area (Å²) in [6.07, 6.45) is 3.67. The Balaban J connectivity index is 1.34. The van der Waals surface area contributed by atoms with Crippen LogP contribution in [0.15, 0.2) is 80.6 Å². The number of nitrogens with zero attached hydrogens (tertiary/aromatic N) is 3. The SMILES string of the molecule is CCC(F)(F)Oc1ccc(C2=C(C)CCOC(CC3CCC=C4N=C(c5cccc(F)c5F)N=C4C=N3)=C2)cc1F. The van der Waals surface area contributed by atoms with Gasteiger partial charge in [-0.2, -0.15) is 8.78 Å². The minimum atomic E-state index is -3.46. The molecule has 2 aromatic rings. The lowest BCUT2D eigenvalue weighted by molar-refractivity contribution is -0.178. The molecule has 10 heteroatoms. The number of benzene rings is 2. The Bertz CT molecular complexity index is 1540. The first-order valence-corrected chi connectivity index (χ1v) is 13.4. The Morgan fingerprint density at radius 1 is 1.07 bits per heavy atom. The van der Waals surface area contributed by atoms with Gasteiger partial charge in [-0.05, 0) is 61.2 Å². The fourth-order valence-electron chi connectivity index (χ4n) is 4.69. The van der Waals surface area contributed by atoms with Crippen LogP contribution in [0.2, 0.25) is 0 Å². The second kappa shape index (κ2) is 11.8. The highest BCUT2D eigenvalue weighted by Crippen LogP contribution is 2.33. The van der Waals surface area contributed by atoms with Crippen LogP contribution in [0.1, 0.15) is 57.1 Å². The molecule has 3 aliphatic heterocycles. The molecule has 214 valence electrons. The molecule has 0 bridgehead atoms. The number of aliphatic imine (C=N–C) groups is 3. The molecule has 0 aliphatic carbocycles. The molecule has 0 fully saturated rings. The highest BCUT2D eigenvalue weighted by Gasteiger charge is 2.30. The first kappa shape index (κ1) is 28.4. The van der Waals surface area contributed by atoms with Crippen LogP contribution in [0.3, 0.4) is 0 Å². The molecule has 0 amide bonds. The molecule has 0 spiro atoms. The molecule has 0 N–H and O–H groups in total. The van der Waals surface area contributed by atoms with Gasteiger partial charge in [0.05, 0.1) is 29.7 Å². The Hall–Kier alpha value is -4.08. The monoisotopic (exact) mass is 569 g/mol. The molecular formula is C31H28F5N3O2. The van der Waals surface area contributed by atoms with Gasteiger partial charge < -0.3 is 9.47 Å². The Labute approximate surface area is 234 Å². The van der Waals surface area contributed by atoms with Crippen LogP contribution in [0, 0.1) is 17.5 Å². The van der Waals surface area contributed by atoms with E-state index in [2.05, 4.69) is 19.7 Å². The topological polar surface area (TPSA) is 55.5 Å². The van der Waals surface area contributed by atoms with E-state index in [1.54, 1.807) is 12.3 Å². The van der Waals surface area contributed by atoms with Crippen LogP contribution >= 0.6 is 0 Å². The number of ether oxygens (including phenoxy) is 2. The normalized spacial score (nSPS) is 19.2. The smallest absolute Gasteiger partial charge is 0.397 e. The summed E-state index contributed by atoms with van der Waals surface area (Å²) >= 11 is 0. The predicted molar refractivity (Wildman–Crippen MR) is 148 cm³/mol. The number of hydrogen-bond acceptors (Lipinski definition) is 5. The maximum atomic E-state index is 14.7. The molecule has 5 rings (SSSR count). The van der Waals surface area contributed by atoms with E-state index < -0.39 is 35.7 Å². The van der Waals surface area contributed by atoms with Crippen LogP contribution in [0.4, 0.5) is 22.0 Å². The van der Waals surface area contributed by atoms with Crippen molar-refractivity contribution in [1.29, 1.82) is 0 Å². The number of fused-ring (bicyclic) bond motifs is 1. The fraction of sp³-hybridized carbons (Fsp3) is 0.323.